The molecular formula is C43H50N8O7. The van der Waals surface area contributed by atoms with E-state index in [0.29, 0.717) is 37.1 Å². The van der Waals surface area contributed by atoms with Crippen LogP contribution in [-0.2, 0) is 25.7 Å². The van der Waals surface area contributed by atoms with Gasteiger partial charge in [0.05, 0.1) is 49.6 Å². The number of methoxy groups -OCH3 is 2. The van der Waals surface area contributed by atoms with Crippen LogP contribution in [0.5, 0.6) is 5.75 Å². The van der Waals surface area contributed by atoms with Gasteiger partial charge in [0.2, 0.25) is 11.8 Å². The summed E-state index contributed by atoms with van der Waals surface area (Å²) in [6.07, 6.45) is 3.71. The summed E-state index contributed by atoms with van der Waals surface area (Å²) in [4.78, 5) is 71.2. The van der Waals surface area contributed by atoms with Gasteiger partial charge in [-0.15, -0.1) is 0 Å². The Bertz CT molecular complexity index is 2230. The largest absolute Gasteiger partial charge is 0.487 e. The lowest BCUT2D eigenvalue weighted by atomic mass is 10.0. The summed E-state index contributed by atoms with van der Waals surface area (Å²) < 4.78 is 15.7. The molecule has 15 nitrogen and oxygen atoms in total. The Balaban J connectivity index is 1.01. The lowest BCUT2D eigenvalue weighted by molar-refractivity contribution is -0.136. The standard InChI is InChI=1S/C43H50N8O7/c1-24(2)35(48-42(54)56-5)40(52)50-19-7-9-32(50)38-44-22-30(45-38)28-16-13-26(14-17-28)11-12-27-15-18-29-34(21-27)58-23-31-37(29)47-39(46-31)33-10-8-20-51(33)41(53)36(25(3)4)49-43(55)57-6/h13-18,21-22,24-25,32-33,35-36H,7-10,19-20,23H2,1-6H3,(H,44,45)(H,46,47)(H,48,54)(H,49,55). The fourth-order valence-corrected chi connectivity index (χ4v) is 7.90. The quantitative estimate of drug-likeness (QED) is 0.151. The molecule has 304 valence electrons. The molecule has 4 atom stereocenters. The van der Waals surface area contributed by atoms with E-state index in [2.05, 4.69) is 37.4 Å². The molecular weight excluding hydrogens is 741 g/mol. The van der Waals surface area contributed by atoms with Gasteiger partial charge in [0.25, 0.3) is 0 Å². The summed E-state index contributed by atoms with van der Waals surface area (Å²) >= 11 is 0. The number of aromatic amines is 2. The van der Waals surface area contributed by atoms with E-state index in [1.54, 1.807) is 16.0 Å². The zero-order valence-electron chi connectivity index (χ0n) is 33.7. The van der Waals surface area contributed by atoms with Gasteiger partial charge in [0, 0.05) is 29.8 Å². The molecule has 4 aromatic rings. The van der Waals surface area contributed by atoms with Gasteiger partial charge in [0.1, 0.15) is 36.1 Å². The van der Waals surface area contributed by atoms with Crippen molar-refractivity contribution in [2.24, 2.45) is 11.8 Å². The molecule has 4 amide bonds. The fraction of sp³-hybridized carbons (Fsp3) is 0.442. The van der Waals surface area contributed by atoms with Crippen molar-refractivity contribution >= 4 is 24.0 Å². The SMILES string of the molecule is COC(=O)NC(C(=O)N1CCCC1c1ncc(-c2ccc(C#Cc3ccc4c(c3)OCc3[nH]c(C5CCCN5C(=O)C(NC(=O)OC)C(C)C)nc3-4)cc2)[nH]1)C(C)C. The summed E-state index contributed by atoms with van der Waals surface area (Å²) in [5.41, 5.74) is 5.89. The highest BCUT2D eigenvalue weighted by Crippen LogP contribution is 2.40. The molecule has 0 aliphatic carbocycles. The van der Waals surface area contributed by atoms with Crippen molar-refractivity contribution < 1.29 is 33.4 Å². The lowest BCUT2D eigenvalue weighted by Gasteiger charge is -2.30. The number of amides is 4. The van der Waals surface area contributed by atoms with Gasteiger partial charge in [-0.05, 0) is 73.4 Å². The van der Waals surface area contributed by atoms with E-state index in [0.717, 1.165) is 65.0 Å². The number of H-pyrrole nitrogens is 2. The first-order valence-corrected chi connectivity index (χ1v) is 19.8. The summed E-state index contributed by atoms with van der Waals surface area (Å²) in [5.74, 6) is 8.06. The van der Waals surface area contributed by atoms with Crippen LogP contribution in [0.3, 0.4) is 0 Å². The molecule has 2 aromatic carbocycles. The number of carbonyl (C=O) groups excluding carboxylic acids is 4. The fourth-order valence-electron chi connectivity index (χ4n) is 7.90. The number of ether oxygens (including phenoxy) is 3. The molecule has 7 rings (SSSR count). The molecule has 2 saturated heterocycles. The highest BCUT2D eigenvalue weighted by molar-refractivity contribution is 5.87. The molecule has 4 N–H and O–H groups in total. The summed E-state index contributed by atoms with van der Waals surface area (Å²) in [5, 5.41) is 5.38. The van der Waals surface area contributed by atoms with Crippen molar-refractivity contribution in [2.45, 2.75) is 84.2 Å². The Kier molecular flexibility index (Phi) is 11.7. The minimum absolute atomic E-state index is 0.112. The number of likely N-dealkylation sites (tertiary alicyclic amines) is 2. The predicted molar refractivity (Wildman–Crippen MR) is 214 cm³/mol. The highest BCUT2D eigenvalue weighted by atomic mass is 16.5. The van der Waals surface area contributed by atoms with E-state index in [9.17, 15) is 19.2 Å². The normalized spacial score (nSPS) is 18.1. The molecule has 0 saturated carbocycles. The second-order valence-corrected chi connectivity index (χ2v) is 15.6. The Hall–Kier alpha value is -6.30. The smallest absolute Gasteiger partial charge is 0.407 e. The first-order valence-electron chi connectivity index (χ1n) is 19.8. The van der Waals surface area contributed by atoms with Gasteiger partial charge in [-0.3, -0.25) is 9.59 Å². The van der Waals surface area contributed by atoms with Crippen molar-refractivity contribution in [3.05, 3.63) is 77.1 Å². The Morgan fingerprint density at radius 2 is 1.36 bits per heavy atom. The molecule has 0 spiro atoms. The van der Waals surface area contributed by atoms with E-state index in [4.69, 9.17) is 19.2 Å². The van der Waals surface area contributed by atoms with Crippen LogP contribution < -0.4 is 15.4 Å². The molecule has 3 aliphatic rings. The van der Waals surface area contributed by atoms with Gasteiger partial charge in [-0.25, -0.2) is 19.6 Å². The zero-order chi connectivity index (χ0) is 41.1. The molecule has 58 heavy (non-hydrogen) atoms. The molecule has 5 heterocycles. The number of hydrogen-bond donors (Lipinski definition) is 4. The molecule has 15 heteroatoms. The van der Waals surface area contributed by atoms with Gasteiger partial charge in [-0.1, -0.05) is 51.7 Å². The highest BCUT2D eigenvalue weighted by Gasteiger charge is 2.39. The lowest BCUT2D eigenvalue weighted by Crippen LogP contribution is -2.51. The minimum Gasteiger partial charge on any atom is -0.487 e. The van der Waals surface area contributed by atoms with Crippen molar-refractivity contribution in [2.75, 3.05) is 27.3 Å². The summed E-state index contributed by atoms with van der Waals surface area (Å²) in [6.45, 7) is 9.04. The number of fused-ring (bicyclic) bond motifs is 3. The first-order chi connectivity index (χ1) is 27.9. The summed E-state index contributed by atoms with van der Waals surface area (Å²) in [6, 6.07) is 11.8. The van der Waals surface area contributed by atoms with Gasteiger partial charge in [-0.2, -0.15) is 0 Å². The third-order valence-corrected chi connectivity index (χ3v) is 11.0. The average Bonchev–Trinajstić information content (AvgIpc) is 4.06. The second kappa shape index (κ2) is 17.1. The summed E-state index contributed by atoms with van der Waals surface area (Å²) in [7, 11) is 2.57. The number of rotatable bonds is 9. The van der Waals surface area contributed by atoms with Gasteiger partial charge in [0.15, 0.2) is 0 Å². The van der Waals surface area contributed by atoms with Crippen molar-refractivity contribution in [1.82, 2.24) is 40.4 Å². The van der Waals surface area contributed by atoms with E-state index >= 15 is 0 Å². The van der Waals surface area contributed by atoms with Crippen LogP contribution in [0, 0.1) is 23.7 Å². The number of carbonyl (C=O) groups is 4. The third kappa shape index (κ3) is 8.23. The molecule has 0 radical (unpaired) electrons. The molecule has 3 aliphatic heterocycles. The van der Waals surface area contributed by atoms with Crippen LogP contribution in [0.15, 0.2) is 48.7 Å². The van der Waals surface area contributed by atoms with Crippen LogP contribution in [0.1, 0.15) is 93.9 Å². The Morgan fingerprint density at radius 1 is 0.793 bits per heavy atom. The van der Waals surface area contributed by atoms with Crippen LogP contribution >= 0.6 is 0 Å². The van der Waals surface area contributed by atoms with Crippen molar-refractivity contribution in [3.63, 3.8) is 0 Å². The number of aromatic nitrogens is 4. The van der Waals surface area contributed by atoms with Crippen molar-refractivity contribution in [1.29, 1.82) is 0 Å². The Morgan fingerprint density at radius 3 is 1.95 bits per heavy atom. The monoisotopic (exact) mass is 790 g/mol. The van der Waals surface area contributed by atoms with E-state index in [1.165, 1.54) is 14.2 Å². The Labute approximate surface area is 337 Å². The number of imidazole rings is 2. The maximum absolute atomic E-state index is 13.6. The maximum Gasteiger partial charge on any atom is 0.407 e. The molecule has 0 bridgehead atoms. The number of nitrogens with zero attached hydrogens (tertiary/aromatic N) is 4. The topological polar surface area (TPSA) is 184 Å². The van der Waals surface area contributed by atoms with Crippen LogP contribution in [0.25, 0.3) is 22.5 Å². The first kappa shape index (κ1) is 39.9. The number of nitrogens with one attached hydrogen (secondary N) is 4. The van der Waals surface area contributed by atoms with E-state index in [-0.39, 0.29) is 35.7 Å². The molecule has 2 fully saturated rings. The van der Waals surface area contributed by atoms with Crippen molar-refractivity contribution in [3.8, 4) is 40.1 Å². The predicted octanol–water partition coefficient (Wildman–Crippen LogP) is 5.85. The van der Waals surface area contributed by atoms with Gasteiger partial charge < -0.3 is 44.6 Å². The van der Waals surface area contributed by atoms with E-state index < -0.39 is 24.3 Å². The van der Waals surface area contributed by atoms with Crippen LogP contribution in [0.4, 0.5) is 9.59 Å². The molecule has 4 unspecified atom stereocenters. The van der Waals surface area contributed by atoms with E-state index in [1.807, 2.05) is 70.2 Å². The zero-order valence-corrected chi connectivity index (χ0v) is 33.7. The minimum atomic E-state index is -0.708. The maximum atomic E-state index is 13.6. The van der Waals surface area contributed by atoms with Gasteiger partial charge >= 0.3 is 12.2 Å². The number of benzene rings is 2. The number of hydrogen-bond acceptors (Lipinski definition) is 9. The second-order valence-electron chi connectivity index (χ2n) is 15.6. The third-order valence-electron chi connectivity index (χ3n) is 11.0. The number of alkyl carbamates (subject to hydrolysis) is 2. The van der Waals surface area contributed by atoms with Crippen LogP contribution in [0.2, 0.25) is 0 Å². The molecule has 2 aromatic heterocycles. The average molecular weight is 791 g/mol. The van der Waals surface area contributed by atoms with Crippen LogP contribution in [-0.4, -0.2) is 93.1 Å².